The summed E-state index contributed by atoms with van der Waals surface area (Å²) < 4.78 is 0. The summed E-state index contributed by atoms with van der Waals surface area (Å²) in [6, 6.07) is 16.4. The molecule has 2 aromatic rings. The Labute approximate surface area is 128 Å². The van der Waals surface area contributed by atoms with Crippen molar-refractivity contribution in [2.24, 2.45) is 5.92 Å². The second-order valence-electron chi connectivity index (χ2n) is 6.55. The molecule has 110 valence electrons. The first-order valence-corrected chi connectivity index (χ1v) is 8.07. The SMILES string of the molecule is CNC1CCc2c(-c3ccc(CC(C)C)cc3)cccc21. The molecular formula is C20H25N. The Bertz CT molecular complexity index is 610. The normalized spacial score (nSPS) is 17.2. The van der Waals surface area contributed by atoms with Gasteiger partial charge in [-0.2, -0.15) is 0 Å². The molecule has 0 amide bonds. The van der Waals surface area contributed by atoms with Crippen molar-refractivity contribution < 1.29 is 0 Å². The van der Waals surface area contributed by atoms with Gasteiger partial charge in [0.2, 0.25) is 0 Å². The molecule has 1 aliphatic carbocycles. The summed E-state index contributed by atoms with van der Waals surface area (Å²) in [6.07, 6.45) is 3.56. The van der Waals surface area contributed by atoms with Crippen molar-refractivity contribution in [1.29, 1.82) is 0 Å². The van der Waals surface area contributed by atoms with E-state index in [-0.39, 0.29) is 0 Å². The van der Waals surface area contributed by atoms with Crippen LogP contribution >= 0.6 is 0 Å². The van der Waals surface area contributed by atoms with Gasteiger partial charge in [-0.1, -0.05) is 56.3 Å². The van der Waals surface area contributed by atoms with E-state index in [1.54, 1.807) is 0 Å². The molecule has 1 heteroatoms. The minimum atomic E-state index is 0.528. The van der Waals surface area contributed by atoms with Gasteiger partial charge in [0, 0.05) is 6.04 Å². The predicted molar refractivity (Wildman–Crippen MR) is 90.5 cm³/mol. The van der Waals surface area contributed by atoms with Crippen molar-refractivity contribution in [3.05, 3.63) is 59.2 Å². The van der Waals surface area contributed by atoms with Gasteiger partial charge in [-0.3, -0.25) is 0 Å². The second-order valence-corrected chi connectivity index (χ2v) is 6.55. The van der Waals surface area contributed by atoms with Crippen LogP contribution in [-0.4, -0.2) is 7.05 Å². The van der Waals surface area contributed by atoms with E-state index in [4.69, 9.17) is 0 Å². The highest BCUT2D eigenvalue weighted by Gasteiger charge is 2.23. The Kier molecular flexibility index (Phi) is 4.12. The van der Waals surface area contributed by atoms with Crippen LogP contribution in [0.1, 0.15) is 43.0 Å². The maximum absolute atomic E-state index is 3.43. The van der Waals surface area contributed by atoms with Crippen LogP contribution in [0, 0.1) is 5.92 Å². The van der Waals surface area contributed by atoms with Crippen LogP contribution in [-0.2, 0) is 12.8 Å². The Balaban J connectivity index is 1.93. The molecule has 0 saturated carbocycles. The molecule has 0 spiro atoms. The lowest BCUT2D eigenvalue weighted by Gasteiger charge is -2.13. The first-order valence-electron chi connectivity index (χ1n) is 8.07. The molecule has 21 heavy (non-hydrogen) atoms. The maximum atomic E-state index is 3.43. The molecule has 0 aromatic heterocycles. The molecule has 0 fully saturated rings. The van der Waals surface area contributed by atoms with Crippen LogP contribution in [0.15, 0.2) is 42.5 Å². The molecule has 0 bridgehead atoms. The Morgan fingerprint density at radius 1 is 1.10 bits per heavy atom. The van der Waals surface area contributed by atoms with Crippen LogP contribution in [0.3, 0.4) is 0 Å². The predicted octanol–water partition coefficient (Wildman–Crippen LogP) is 4.76. The number of hydrogen-bond acceptors (Lipinski definition) is 1. The van der Waals surface area contributed by atoms with E-state index in [0.29, 0.717) is 12.0 Å². The Morgan fingerprint density at radius 2 is 1.86 bits per heavy atom. The minimum Gasteiger partial charge on any atom is -0.313 e. The number of fused-ring (bicyclic) bond motifs is 1. The van der Waals surface area contributed by atoms with Gasteiger partial charge in [-0.15, -0.1) is 0 Å². The quantitative estimate of drug-likeness (QED) is 0.851. The highest BCUT2D eigenvalue weighted by Crippen LogP contribution is 2.37. The second kappa shape index (κ2) is 6.03. The first-order chi connectivity index (χ1) is 10.2. The summed E-state index contributed by atoms with van der Waals surface area (Å²) in [6.45, 7) is 4.55. The lowest BCUT2D eigenvalue weighted by atomic mass is 9.94. The molecule has 3 rings (SSSR count). The molecule has 1 atom stereocenters. The van der Waals surface area contributed by atoms with E-state index in [1.807, 2.05) is 0 Å². The van der Waals surface area contributed by atoms with Crippen molar-refractivity contribution in [2.45, 2.75) is 39.2 Å². The van der Waals surface area contributed by atoms with E-state index >= 15 is 0 Å². The maximum Gasteiger partial charge on any atom is 0.0323 e. The fourth-order valence-corrected chi connectivity index (χ4v) is 3.52. The summed E-state index contributed by atoms with van der Waals surface area (Å²) in [4.78, 5) is 0. The van der Waals surface area contributed by atoms with E-state index in [0.717, 1.165) is 6.42 Å². The Hall–Kier alpha value is -1.60. The minimum absolute atomic E-state index is 0.528. The van der Waals surface area contributed by atoms with Gasteiger partial charge < -0.3 is 5.32 Å². The average molecular weight is 279 g/mol. The van der Waals surface area contributed by atoms with Crippen molar-refractivity contribution in [3.8, 4) is 11.1 Å². The number of rotatable bonds is 4. The zero-order valence-corrected chi connectivity index (χ0v) is 13.3. The zero-order chi connectivity index (χ0) is 14.8. The van der Waals surface area contributed by atoms with Crippen LogP contribution in [0.4, 0.5) is 0 Å². The third-order valence-electron chi connectivity index (χ3n) is 4.53. The van der Waals surface area contributed by atoms with Gasteiger partial charge in [0.15, 0.2) is 0 Å². The van der Waals surface area contributed by atoms with Gasteiger partial charge in [-0.25, -0.2) is 0 Å². The van der Waals surface area contributed by atoms with Crippen molar-refractivity contribution in [2.75, 3.05) is 7.05 Å². The average Bonchev–Trinajstić information content (AvgIpc) is 2.90. The zero-order valence-electron chi connectivity index (χ0n) is 13.3. The van der Waals surface area contributed by atoms with Crippen LogP contribution in [0.2, 0.25) is 0 Å². The highest BCUT2D eigenvalue weighted by atomic mass is 14.9. The van der Waals surface area contributed by atoms with E-state index in [9.17, 15) is 0 Å². The topological polar surface area (TPSA) is 12.0 Å². The van der Waals surface area contributed by atoms with Crippen molar-refractivity contribution >= 4 is 0 Å². The van der Waals surface area contributed by atoms with Crippen molar-refractivity contribution in [3.63, 3.8) is 0 Å². The lowest BCUT2D eigenvalue weighted by Crippen LogP contribution is -2.12. The molecule has 1 nitrogen and oxygen atoms in total. The van der Waals surface area contributed by atoms with E-state index in [2.05, 4.69) is 68.7 Å². The summed E-state index contributed by atoms with van der Waals surface area (Å²) in [7, 11) is 2.06. The number of benzene rings is 2. The largest absolute Gasteiger partial charge is 0.313 e. The van der Waals surface area contributed by atoms with Gasteiger partial charge in [0.1, 0.15) is 0 Å². The van der Waals surface area contributed by atoms with Crippen LogP contribution < -0.4 is 5.32 Å². The molecule has 1 unspecified atom stereocenters. The molecule has 2 aromatic carbocycles. The summed E-state index contributed by atoms with van der Waals surface area (Å²) >= 11 is 0. The molecule has 1 aliphatic rings. The number of nitrogens with one attached hydrogen (secondary N) is 1. The Morgan fingerprint density at radius 3 is 2.52 bits per heavy atom. The molecular weight excluding hydrogens is 254 g/mol. The standard InChI is InChI=1S/C20H25N/c1-14(2)13-15-7-9-16(10-8-15)17-5-4-6-19-18(17)11-12-20(19)21-3/h4-10,14,20-21H,11-13H2,1-3H3. The molecule has 0 saturated heterocycles. The van der Waals surface area contributed by atoms with Gasteiger partial charge in [-0.05, 0) is 60.0 Å². The summed E-state index contributed by atoms with van der Waals surface area (Å²) in [5, 5.41) is 3.43. The van der Waals surface area contributed by atoms with Crippen molar-refractivity contribution in [1.82, 2.24) is 5.32 Å². The summed E-state index contributed by atoms with van der Waals surface area (Å²) in [5.41, 5.74) is 7.24. The third kappa shape index (κ3) is 2.89. The van der Waals surface area contributed by atoms with Gasteiger partial charge in [0.05, 0.1) is 0 Å². The smallest absolute Gasteiger partial charge is 0.0323 e. The fraction of sp³-hybridized carbons (Fsp3) is 0.400. The molecule has 0 aliphatic heterocycles. The van der Waals surface area contributed by atoms with Crippen LogP contribution in [0.5, 0.6) is 0 Å². The molecule has 0 heterocycles. The monoisotopic (exact) mass is 279 g/mol. The summed E-state index contributed by atoms with van der Waals surface area (Å²) in [5.74, 6) is 0.716. The van der Waals surface area contributed by atoms with Gasteiger partial charge >= 0.3 is 0 Å². The van der Waals surface area contributed by atoms with Gasteiger partial charge in [0.25, 0.3) is 0 Å². The first kappa shape index (κ1) is 14.3. The fourth-order valence-electron chi connectivity index (χ4n) is 3.52. The number of hydrogen-bond donors (Lipinski definition) is 1. The molecule has 1 N–H and O–H groups in total. The third-order valence-corrected chi connectivity index (χ3v) is 4.53. The van der Waals surface area contributed by atoms with E-state index in [1.165, 1.54) is 40.7 Å². The highest BCUT2D eigenvalue weighted by molar-refractivity contribution is 5.70. The van der Waals surface area contributed by atoms with E-state index < -0.39 is 0 Å². The lowest BCUT2D eigenvalue weighted by molar-refractivity contribution is 0.590. The van der Waals surface area contributed by atoms with Crippen LogP contribution in [0.25, 0.3) is 11.1 Å². The molecule has 0 radical (unpaired) electrons.